The maximum absolute atomic E-state index is 12.9. The molecule has 3 N–H and O–H groups in total. The van der Waals surface area contributed by atoms with E-state index in [1.807, 2.05) is 31.2 Å². The van der Waals surface area contributed by atoms with Gasteiger partial charge in [0.25, 0.3) is 5.91 Å². The number of benzene rings is 2. The third-order valence-electron chi connectivity index (χ3n) is 4.82. The van der Waals surface area contributed by atoms with Gasteiger partial charge in [-0.1, -0.05) is 24.3 Å². The Hall–Kier alpha value is -3.81. The standard InChI is InChI=1S/C24H28N2O6/c1-16(18-10-11-20(31-2)21(15-18)32-3)26-24(30)19-9-5-4-7-17(19)8-6-14-25-22(27)12-13-23(28)29/h4-5,7,9-13,15-16H,6,8,14H2,1-3H3,(H,25,27)(H,26,30)(H,28,29)/b13-12+/t16-/m1/s1. The highest BCUT2D eigenvalue weighted by molar-refractivity contribution is 5.96. The molecule has 0 heterocycles. The summed E-state index contributed by atoms with van der Waals surface area (Å²) in [5.74, 6) is -0.640. The van der Waals surface area contributed by atoms with Gasteiger partial charge >= 0.3 is 5.97 Å². The fourth-order valence-electron chi connectivity index (χ4n) is 3.14. The first-order chi connectivity index (χ1) is 15.3. The van der Waals surface area contributed by atoms with Gasteiger partial charge < -0.3 is 25.2 Å². The Balaban J connectivity index is 1.98. The smallest absolute Gasteiger partial charge is 0.328 e. The predicted octanol–water partition coefficient (Wildman–Crippen LogP) is 2.88. The van der Waals surface area contributed by atoms with E-state index in [9.17, 15) is 14.4 Å². The molecule has 0 bridgehead atoms. The highest BCUT2D eigenvalue weighted by Crippen LogP contribution is 2.30. The molecule has 2 amide bonds. The monoisotopic (exact) mass is 440 g/mol. The first-order valence-electron chi connectivity index (χ1n) is 10.1. The number of carbonyl (C=O) groups excluding carboxylic acids is 2. The number of amides is 2. The van der Waals surface area contributed by atoms with Crippen LogP contribution in [0.25, 0.3) is 0 Å². The predicted molar refractivity (Wildman–Crippen MR) is 120 cm³/mol. The lowest BCUT2D eigenvalue weighted by Crippen LogP contribution is -2.28. The number of nitrogens with one attached hydrogen (secondary N) is 2. The van der Waals surface area contributed by atoms with E-state index in [2.05, 4.69) is 10.6 Å². The van der Waals surface area contributed by atoms with Gasteiger partial charge in [-0.15, -0.1) is 0 Å². The number of methoxy groups -OCH3 is 2. The third kappa shape index (κ3) is 7.16. The Morgan fingerprint density at radius 2 is 1.75 bits per heavy atom. The largest absolute Gasteiger partial charge is 0.493 e. The Labute approximate surface area is 187 Å². The molecule has 0 fully saturated rings. The van der Waals surface area contributed by atoms with Crippen LogP contribution < -0.4 is 20.1 Å². The van der Waals surface area contributed by atoms with Crippen molar-refractivity contribution in [3.05, 3.63) is 71.3 Å². The molecule has 0 radical (unpaired) electrons. The van der Waals surface area contributed by atoms with Crippen LogP contribution in [0.15, 0.2) is 54.6 Å². The van der Waals surface area contributed by atoms with Crippen molar-refractivity contribution in [1.29, 1.82) is 0 Å². The molecule has 0 saturated carbocycles. The van der Waals surface area contributed by atoms with E-state index in [1.165, 1.54) is 0 Å². The molecule has 0 unspecified atom stereocenters. The Morgan fingerprint density at radius 3 is 2.44 bits per heavy atom. The molecule has 0 saturated heterocycles. The fraction of sp³-hybridized carbons (Fsp3) is 0.292. The third-order valence-corrected chi connectivity index (χ3v) is 4.82. The van der Waals surface area contributed by atoms with E-state index in [0.29, 0.717) is 36.4 Å². The van der Waals surface area contributed by atoms with Crippen molar-refractivity contribution >= 4 is 17.8 Å². The number of hydrogen-bond acceptors (Lipinski definition) is 5. The van der Waals surface area contributed by atoms with E-state index in [0.717, 1.165) is 23.3 Å². The second-order valence-electron chi connectivity index (χ2n) is 7.03. The molecule has 0 aliphatic heterocycles. The quantitative estimate of drug-likeness (QED) is 0.366. The highest BCUT2D eigenvalue weighted by Gasteiger charge is 2.16. The Bertz CT molecular complexity index is 986. The van der Waals surface area contributed by atoms with Gasteiger partial charge in [0.2, 0.25) is 5.91 Å². The van der Waals surface area contributed by atoms with Gasteiger partial charge in [-0.25, -0.2) is 4.79 Å². The van der Waals surface area contributed by atoms with Crippen molar-refractivity contribution in [2.45, 2.75) is 25.8 Å². The van der Waals surface area contributed by atoms with Gasteiger partial charge in [0, 0.05) is 24.3 Å². The molecule has 8 heteroatoms. The summed E-state index contributed by atoms with van der Waals surface area (Å²) in [6.45, 7) is 2.25. The summed E-state index contributed by atoms with van der Waals surface area (Å²) in [5.41, 5.74) is 2.31. The second-order valence-corrected chi connectivity index (χ2v) is 7.03. The van der Waals surface area contributed by atoms with E-state index in [1.54, 1.807) is 32.4 Å². The van der Waals surface area contributed by atoms with Crippen LogP contribution in [0.4, 0.5) is 0 Å². The number of carbonyl (C=O) groups is 3. The fourth-order valence-corrected chi connectivity index (χ4v) is 3.14. The zero-order valence-corrected chi connectivity index (χ0v) is 18.4. The molecule has 2 aromatic carbocycles. The maximum Gasteiger partial charge on any atom is 0.328 e. The topological polar surface area (TPSA) is 114 Å². The van der Waals surface area contributed by atoms with Crippen molar-refractivity contribution < 1.29 is 29.0 Å². The molecule has 0 spiro atoms. The zero-order valence-electron chi connectivity index (χ0n) is 18.4. The SMILES string of the molecule is COc1ccc([C@@H](C)NC(=O)c2ccccc2CCCNC(=O)/C=C/C(=O)O)cc1OC. The molecule has 2 aromatic rings. The number of ether oxygens (including phenoxy) is 2. The first kappa shape index (κ1) is 24.5. The summed E-state index contributed by atoms with van der Waals surface area (Å²) in [6, 6.07) is 12.6. The van der Waals surface area contributed by atoms with Gasteiger partial charge in [-0.3, -0.25) is 9.59 Å². The normalized spacial score (nSPS) is 11.6. The maximum atomic E-state index is 12.9. The van der Waals surface area contributed by atoms with Crippen LogP contribution in [-0.4, -0.2) is 43.7 Å². The van der Waals surface area contributed by atoms with Crippen molar-refractivity contribution in [3.63, 3.8) is 0 Å². The molecule has 1 atom stereocenters. The second kappa shape index (κ2) is 12.1. The molecular formula is C24H28N2O6. The van der Waals surface area contributed by atoms with Crippen LogP contribution in [0.2, 0.25) is 0 Å². The number of carboxylic acid groups (broad SMARTS) is 1. The lowest BCUT2D eigenvalue weighted by Gasteiger charge is -2.18. The Morgan fingerprint density at radius 1 is 1.03 bits per heavy atom. The molecule has 2 rings (SSSR count). The van der Waals surface area contributed by atoms with Gasteiger partial charge in [0.15, 0.2) is 11.5 Å². The van der Waals surface area contributed by atoms with E-state index in [-0.39, 0.29) is 11.9 Å². The summed E-state index contributed by atoms with van der Waals surface area (Å²) in [4.78, 5) is 34.9. The van der Waals surface area contributed by atoms with Gasteiger partial charge in [0.05, 0.1) is 20.3 Å². The van der Waals surface area contributed by atoms with Crippen molar-refractivity contribution in [2.75, 3.05) is 20.8 Å². The molecule has 0 aromatic heterocycles. The van der Waals surface area contributed by atoms with Crippen LogP contribution in [0.1, 0.15) is 40.9 Å². The molecule has 0 aliphatic rings. The average Bonchev–Trinajstić information content (AvgIpc) is 2.80. The molecule has 170 valence electrons. The van der Waals surface area contributed by atoms with Crippen LogP contribution >= 0.6 is 0 Å². The minimum Gasteiger partial charge on any atom is -0.493 e. The molecular weight excluding hydrogens is 412 g/mol. The highest BCUT2D eigenvalue weighted by atomic mass is 16.5. The van der Waals surface area contributed by atoms with E-state index >= 15 is 0 Å². The average molecular weight is 440 g/mol. The van der Waals surface area contributed by atoms with Crippen molar-refractivity contribution in [2.24, 2.45) is 0 Å². The van der Waals surface area contributed by atoms with Gasteiger partial charge in [-0.05, 0) is 49.1 Å². The van der Waals surface area contributed by atoms with Crippen LogP contribution in [0, 0.1) is 0 Å². The van der Waals surface area contributed by atoms with Crippen molar-refractivity contribution in [3.8, 4) is 11.5 Å². The summed E-state index contributed by atoms with van der Waals surface area (Å²) < 4.78 is 10.6. The van der Waals surface area contributed by atoms with Gasteiger partial charge in [0.1, 0.15) is 0 Å². The zero-order chi connectivity index (χ0) is 23.5. The number of aliphatic carboxylic acids is 1. The van der Waals surface area contributed by atoms with E-state index < -0.39 is 11.9 Å². The Kier molecular flexibility index (Phi) is 9.28. The molecule has 8 nitrogen and oxygen atoms in total. The van der Waals surface area contributed by atoms with Crippen LogP contribution in [-0.2, 0) is 16.0 Å². The van der Waals surface area contributed by atoms with E-state index in [4.69, 9.17) is 14.6 Å². The summed E-state index contributed by atoms with van der Waals surface area (Å²) in [7, 11) is 3.13. The minimum atomic E-state index is -1.18. The van der Waals surface area contributed by atoms with Gasteiger partial charge in [-0.2, -0.15) is 0 Å². The number of rotatable bonds is 11. The number of carboxylic acids is 1. The molecule has 32 heavy (non-hydrogen) atoms. The minimum absolute atomic E-state index is 0.198. The first-order valence-corrected chi connectivity index (χ1v) is 10.1. The van der Waals surface area contributed by atoms with Crippen LogP contribution in [0.5, 0.6) is 11.5 Å². The molecule has 0 aliphatic carbocycles. The summed E-state index contributed by atoms with van der Waals surface area (Å²) in [5, 5.41) is 14.2. The summed E-state index contributed by atoms with van der Waals surface area (Å²) >= 11 is 0. The lowest BCUT2D eigenvalue weighted by atomic mass is 10.0. The summed E-state index contributed by atoms with van der Waals surface area (Å²) in [6.07, 6.45) is 2.94. The number of aryl methyl sites for hydroxylation is 1. The number of hydrogen-bond donors (Lipinski definition) is 3. The lowest BCUT2D eigenvalue weighted by molar-refractivity contribution is -0.131. The van der Waals surface area contributed by atoms with Crippen molar-refractivity contribution in [1.82, 2.24) is 10.6 Å². The van der Waals surface area contributed by atoms with Crippen LogP contribution in [0.3, 0.4) is 0 Å².